The molecule has 0 bridgehead atoms. The van der Waals surface area contributed by atoms with Gasteiger partial charge in [0.2, 0.25) is 10.0 Å². The molecule has 220 valence electrons. The van der Waals surface area contributed by atoms with Gasteiger partial charge >= 0.3 is 0 Å². The topological polar surface area (TPSA) is 72.2 Å². The Labute approximate surface area is 260 Å². The maximum absolute atomic E-state index is 13.6. The van der Waals surface area contributed by atoms with Crippen LogP contribution in [0.3, 0.4) is 0 Å². The van der Waals surface area contributed by atoms with Gasteiger partial charge < -0.3 is 5.73 Å². The first-order valence-electron chi connectivity index (χ1n) is 13.8. The zero-order valence-electron chi connectivity index (χ0n) is 25.7. The second-order valence-corrected chi connectivity index (χ2v) is 12.6. The molecule has 4 rings (SSSR count). The molecule has 0 aliphatic carbocycles. The number of hydrogen-bond donors (Lipinski definition) is 2. The Morgan fingerprint density at radius 2 is 0.902 bits per heavy atom. The van der Waals surface area contributed by atoms with E-state index in [0.717, 1.165) is 38.9 Å². The normalized spacial score (nSPS) is 12.5. The molecule has 0 unspecified atom stereocenters. The average Bonchev–Trinajstić information content (AvgIpc) is 2.93. The Bertz CT molecular complexity index is 1510. The SMILES string of the molecule is Cc1c(C)c(C)c(S(=O)(=O)N[C@H](c2ccccc2)[C@H](N)c2ccccc2)c(C)c1C.Cc1cc(C)c(C)cc1C.[Ru]. The van der Waals surface area contributed by atoms with Crippen LogP contribution in [0.5, 0.6) is 0 Å². The second-order valence-electron chi connectivity index (χ2n) is 10.9. The third-order valence-electron chi connectivity index (χ3n) is 8.29. The van der Waals surface area contributed by atoms with Crippen molar-refractivity contribution in [3.8, 4) is 0 Å². The van der Waals surface area contributed by atoms with Gasteiger partial charge in [-0.05, 0) is 124 Å². The summed E-state index contributed by atoms with van der Waals surface area (Å²) >= 11 is 0. The molecule has 0 spiro atoms. The number of aryl methyl sites for hydroxylation is 4. The van der Waals surface area contributed by atoms with Crippen molar-refractivity contribution in [1.82, 2.24) is 4.72 Å². The number of benzene rings is 4. The molecular weight excluding hydrogens is 614 g/mol. The van der Waals surface area contributed by atoms with E-state index in [2.05, 4.69) is 44.5 Å². The van der Waals surface area contributed by atoms with E-state index in [1.165, 1.54) is 22.3 Å². The Hall–Kier alpha value is -2.63. The monoisotopic (exact) mass is 658 g/mol. The van der Waals surface area contributed by atoms with Gasteiger partial charge in [-0.2, -0.15) is 0 Å². The average molecular weight is 658 g/mol. The molecular formula is C35H44N2O2RuS. The van der Waals surface area contributed by atoms with Crippen LogP contribution < -0.4 is 10.5 Å². The number of sulfonamides is 1. The van der Waals surface area contributed by atoms with Gasteiger partial charge in [0, 0.05) is 19.5 Å². The fourth-order valence-corrected chi connectivity index (χ4v) is 6.92. The van der Waals surface area contributed by atoms with E-state index in [9.17, 15) is 8.42 Å². The van der Waals surface area contributed by atoms with Gasteiger partial charge in [-0.3, -0.25) is 0 Å². The molecule has 0 aliphatic heterocycles. The molecule has 0 heterocycles. The maximum Gasteiger partial charge on any atom is 0.241 e. The number of hydrogen-bond acceptors (Lipinski definition) is 3. The van der Waals surface area contributed by atoms with Crippen molar-refractivity contribution >= 4 is 10.0 Å². The molecule has 4 aromatic rings. The molecule has 0 fully saturated rings. The summed E-state index contributed by atoms with van der Waals surface area (Å²) in [5.74, 6) is 0. The third kappa shape index (κ3) is 8.02. The summed E-state index contributed by atoms with van der Waals surface area (Å²) < 4.78 is 30.2. The van der Waals surface area contributed by atoms with E-state index < -0.39 is 22.1 Å². The van der Waals surface area contributed by atoms with Crippen molar-refractivity contribution in [3.63, 3.8) is 0 Å². The van der Waals surface area contributed by atoms with Crippen molar-refractivity contribution in [2.45, 2.75) is 79.3 Å². The summed E-state index contributed by atoms with van der Waals surface area (Å²) in [6, 6.07) is 22.4. The molecule has 4 nitrogen and oxygen atoms in total. The molecule has 3 N–H and O–H groups in total. The Morgan fingerprint density at radius 1 is 0.561 bits per heavy atom. The minimum atomic E-state index is -3.81. The Balaban J connectivity index is 0.000000452. The summed E-state index contributed by atoms with van der Waals surface area (Å²) in [5.41, 5.74) is 18.6. The van der Waals surface area contributed by atoms with E-state index in [-0.39, 0.29) is 19.5 Å². The molecule has 0 amide bonds. The largest absolute Gasteiger partial charge is 0.322 e. The minimum Gasteiger partial charge on any atom is -0.322 e. The second kappa shape index (κ2) is 14.5. The first-order chi connectivity index (χ1) is 18.8. The Kier molecular flexibility index (Phi) is 12.2. The van der Waals surface area contributed by atoms with Crippen LogP contribution in [0.2, 0.25) is 0 Å². The van der Waals surface area contributed by atoms with Gasteiger partial charge in [0.05, 0.1) is 17.0 Å². The van der Waals surface area contributed by atoms with Gasteiger partial charge in [-0.15, -0.1) is 0 Å². The quantitative estimate of drug-likeness (QED) is 0.208. The molecule has 4 aromatic carbocycles. The van der Waals surface area contributed by atoms with Crippen LogP contribution in [0.4, 0.5) is 0 Å². The van der Waals surface area contributed by atoms with Crippen LogP contribution in [0.15, 0.2) is 77.7 Å². The molecule has 2 atom stereocenters. The number of nitrogens with one attached hydrogen (secondary N) is 1. The molecule has 0 saturated heterocycles. The van der Waals surface area contributed by atoms with E-state index in [1.807, 2.05) is 95.3 Å². The van der Waals surface area contributed by atoms with E-state index >= 15 is 0 Å². The standard InChI is InChI=1S/C25H30N2O2S.C10H14.Ru/c1-16-17(2)19(4)25(20(5)18(16)3)30(28,29)27-24(22-14-10-7-11-15-22)23(26)21-12-8-6-9-13-21;1-7-5-9(3)10(4)6-8(7)2;/h6-15,23-24,27H,26H2,1-5H3;5-6H,1-4H3;/t23-,24-;;/m1../s1. The maximum atomic E-state index is 13.6. The van der Waals surface area contributed by atoms with Crippen LogP contribution in [0.1, 0.15) is 73.3 Å². The summed E-state index contributed by atoms with van der Waals surface area (Å²) in [7, 11) is -3.81. The van der Waals surface area contributed by atoms with Gasteiger partial charge in [-0.1, -0.05) is 72.8 Å². The van der Waals surface area contributed by atoms with Crippen LogP contribution in [0.25, 0.3) is 0 Å². The summed E-state index contributed by atoms with van der Waals surface area (Å²) in [6.45, 7) is 18.3. The first-order valence-corrected chi connectivity index (χ1v) is 15.2. The molecule has 6 heteroatoms. The summed E-state index contributed by atoms with van der Waals surface area (Å²) in [4.78, 5) is 0.351. The fourth-order valence-electron chi connectivity index (χ4n) is 5.08. The predicted molar refractivity (Wildman–Crippen MR) is 168 cm³/mol. The van der Waals surface area contributed by atoms with Crippen LogP contribution in [-0.2, 0) is 29.5 Å². The van der Waals surface area contributed by atoms with E-state index in [1.54, 1.807) is 0 Å². The van der Waals surface area contributed by atoms with Crippen LogP contribution in [-0.4, -0.2) is 8.42 Å². The summed E-state index contributed by atoms with van der Waals surface area (Å²) in [6.07, 6.45) is 0. The molecule has 0 aromatic heterocycles. The third-order valence-corrected chi connectivity index (χ3v) is 10.0. The number of rotatable bonds is 6. The zero-order valence-corrected chi connectivity index (χ0v) is 28.3. The molecule has 0 radical (unpaired) electrons. The van der Waals surface area contributed by atoms with Crippen LogP contribution in [0, 0.1) is 62.3 Å². The summed E-state index contributed by atoms with van der Waals surface area (Å²) in [5, 5.41) is 0. The fraction of sp³-hybridized carbons (Fsp3) is 0.314. The van der Waals surface area contributed by atoms with Crippen molar-refractivity contribution < 1.29 is 27.9 Å². The van der Waals surface area contributed by atoms with Crippen molar-refractivity contribution in [3.05, 3.63) is 134 Å². The van der Waals surface area contributed by atoms with Crippen LogP contribution >= 0.6 is 0 Å². The smallest absolute Gasteiger partial charge is 0.241 e. The van der Waals surface area contributed by atoms with Crippen molar-refractivity contribution in [2.24, 2.45) is 5.73 Å². The first kappa shape index (κ1) is 34.6. The minimum absolute atomic E-state index is 0. The van der Waals surface area contributed by atoms with Gasteiger partial charge in [-0.25, -0.2) is 13.1 Å². The van der Waals surface area contributed by atoms with Gasteiger partial charge in [0.25, 0.3) is 0 Å². The Morgan fingerprint density at radius 3 is 1.29 bits per heavy atom. The van der Waals surface area contributed by atoms with E-state index in [0.29, 0.717) is 4.90 Å². The zero-order chi connectivity index (χ0) is 29.8. The molecule has 0 aliphatic rings. The van der Waals surface area contributed by atoms with E-state index in [4.69, 9.17) is 5.73 Å². The van der Waals surface area contributed by atoms with Crippen molar-refractivity contribution in [1.29, 1.82) is 0 Å². The predicted octanol–water partition coefficient (Wildman–Crippen LogP) is 7.87. The van der Waals surface area contributed by atoms with Gasteiger partial charge in [0.15, 0.2) is 0 Å². The molecule has 41 heavy (non-hydrogen) atoms. The van der Waals surface area contributed by atoms with Gasteiger partial charge in [0.1, 0.15) is 0 Å². The number of nitrogens with two attached hydrogens (primary N) is 1. The molecule has 0 saturated carbocycles. The van der Waals surface area contributed by atoms with Crippen molar-refractivity contribution in [2.75, 3.05) is 0 Å².